The largest absolute Gasteiger partial charge is 0.308 e. The average molecular weight is 275 g/mol. The number of nitrogens with zero attached hydrogens (tertiary/aromatic N) is 2. The molecule has 0 saturated heterocycles. The minimum Gasteiger partial charge on any atom is -0.308 e. The molecule has 0 fully saturated rings. The van der Waals surface area contributed by atoms with E-state index >= 15 is 0 Å². The van der Waals surface area contributed by atoms with Gasteiger partial charge in [-0.15, -0.1) is 0 Å². The number of halogens is 1. The Morgan fingerprint density at radius 1 is 1.21 bits per heavy atom. The predicted molar refractivity (Wildman–Crippen MR) is 76.1 cm³/mol. The van der Waals surface area contributed by atoms with Crippen LogP contribution in [0.3, 0.4) is 0 Å². The first kappa shape index (κ1) is 12.4. The van der Waals surface area contributed by atoms with Crippen molar-refractivity contribution in [1.29, 1.82) is 0 Å². The first-order chi connectivity index (χ1) is 9.28. The Kier molecular flexibility index (Phi) is 3.36. The fourth-order valence-electron chi connectivity index (χ4n) is 2.49. The number of hydrogen-bond donors (Lipinski definition) is 2. The highest BCUT2D eigenvalue weighted by molar-refractivity contribution is 6.31. The molecule has 2 aromatic rings. The van der Waals surface area contributed by atoms with Gasteiger partial charge < -0.3 is 5.43 Å². The monoisotopic (exact) mass is 274 g/mol. The molecule has 1 aromatic heterocycles. The van der Waals surface area contributed by atoms with Crippen molar-refractivity contribution in [3.8, 4) is 0 Å². The average Bonchev–Trinajstić information content (AvgIpc) is 2.89. The van der Waals surface area contributed by atoms with Crippen molar-refractivity contribution in [3.05, 3.63) is 51.9 Å². The minimum absolute atomic E-state index is 0.627. The molecule has 0 amide bonds. The maximum absolute atomic E-state index is 6.17. The molecule has 0 unspecified atom stereocenters. The Labute approximate surface area is 117 Å². The lowest BCUT2D eigenvalue weighted by atomic mass is 10.1. The van der Waals surface area contributed by atoms with E-state index in [9.17, 15) is 0 Å². The minimum atomic E-state index is 0.627. The van der Waals surface area contributed by atoms with E-state index in [1.54, 1.807) is 0 Å². The highest BCUT2D eigenvalue weighted by Gasteiger charge is 2.19. The third kappa shape index (κ3) is 2.41. The summed E-state index contributed by atoms with van der Waals surface area (Å²) in [5.74, 6) is 7.07. The highest BCUT2D eigenvalue weighted by atomic mass is 35.5. The van der Waals surface area contributed by atoms with Crippen LogP contribution in [0.25, 0.3) is 0 Å². The number of anilines is 1. The Balaban J connectivity index is 1.96. The SMILES string of the molecule is NNc1nc(Cc2ccccc2Cl)nc2c1CCC2. The summed E-state index contributed by atoms with van der Waals surface area (Å²) in [5, 5.41) is 0.744. The fraction of sp³-hybridized carbons (Fsp3) is 0.286. The Hall–Kier alpha value is -1.65. The number of rotatable bonds is 3. The van der Waals surface area contributed by atoms with Crippen LogP contribution in [0.5, 0.6) is 0 Å². The van der Waals surface area contributed by atoms with Crippen LogP contribution in [0.1, 0.15) is 29.1 Å². The van der Waals surface area contributed by atoms with Crippen LogP contribution in [0.2, 0.25) is 5.02 Å². The van der Waals surface area contributed by atoms with E-state index < -0.39 is 0 Å². The van der Waals surface area contributed by atoms with Crippen LogP contribution in [-0.4, -0.2) is 9.97 Å². The van der Waals surface area contributed by atoms with E-state index in [1.807, 2.05) is 24.3 Å². The predicted octanol–water partition coefficient (Wildman–Crippen LogP) is 2.50. The first-order valence-corrected chi connectivity index (χ1v) is 6.74. The molecule has 3 rings (SSSR count). The fourth-order valence-corrected chi connectivity index (χ4v) is 2.70. The molecule has 1 aliphatic carbocycles. The van der Waals surface area contributed by atoms with Gasteiger partial charge in [0.05, 0.1) is 0 Å². The van der Waals surface area contributed by atoms with Crippen LogP contribution in [0.15, 0.2) is 24.3 Å². The van der Waals surface area contributed by atoms with Gasteiger partial charge in [0.1, 0.15) is 11.6 Å². The molecule has 5 heteroatoms. The summed E-state index contributed by atoms with van der Waals surface area (Å²) < 4.78 is 0. The molecule has 0 radical (unpaired) electrons. The molecule has 4 nitrogen and oxygen atoms in total. The van der Waals surface area contributed by atoms with Crippen molar-refractivity contribution in [3.63, 3.8) is 0 Å². The lowest BCUT2D eigenvalue weighted by molar-refractivity contribution is 0.885. The number of aromatic nitrogens is 2. The number of hydrazine groups is 1. The third-order valence-electron chi connectivity index (χ3n) is 3.42. The summed E-state index contributed by atoms with van der Waals surface area (Å²) >= 11 is 6.17. The van der Waals surface area contributed by atoms with Gasteiger partial charge >= 0.3 is 0 Å². The first-order valence-electron chi connectivity index (χ1n) is 6.36. The van der Waals surface area contributed by atoms with Gasteiger partial charge in [-0.3, -0.25) is 0 Å². The summed E-state index contributed by atoms with van der Waals surface area (Å²) in [6, 6.07) is 7.76. The molecule has 98 valence electrons. The second-order valence-electron chi connectivity index (χ2n) is 4.68. The van der Waals surface area contributed by atoms with Gasteiger partial charge in [0.25, 0.3) is 0 Å². The van der Waals surface area contributed by atoms with E-state index in [1.165, 1.54) is 0 Å². The third-order valence-corrected chi connectivity index (χ3v) is 3.79. The van der Waals surface area contributed by atoms with Crippen molar-refractivity contribution in [2.75, 3.05) is 5.43 Å². The summed E-state index contributed by atoms with van der Waals surface area (Å²) in [7, 11) is 0. The molecule has 0 spiro atoms. The van der Waals surface area contributed by atoms with Crippen molar-refractivity contribution in [1.82, 2.24) is 9.97 Å². The molecule has 0 aliphatic heterocycles. The van der Waals surface area contributed by atoms with Crippen LogP contribution in [0, 0.1) is 0 Å². The maximum atomic E-state index is 6.17. The summed E-state index contributed by atoms with van der Waals surface area (Å²) in [4.78, 5) is 9.13. The second kappa shape index (κ2) is 5.15. The number of nitrogens with one attached hydrogen (secondary N) is 1. The zero-order valence-electron chi connectivity index (χ0n) is 10.5. The highest BCUT2D eigenvalue weighted by Crippen LogP contribution is 2.26. The zero-order chi connectivity index (χ0) is 13.2. The molecule has 0 atom stereocenters. The Bertz CT molecular complexity index is 612. The van der Waals surface area contributed by atoms with Crippen molar-refractivity contribution >= 4 is 17.4 Å². The van der Waals surface area contributed by atoms with Crippen molar-refractivity contribution < 1.29 is 0 Å². The summed E-state index contributed by atoms with van der Waals surface area (Å²) in [6.45, 7) is 0. The van der Waals surface area contributed by atoms with E-state index in [2.05, 4.69) is 15.4 Å². The number of nitrogen functional groups attached to an aromatic ring is 1. The smallest absolute Gasteiger partial charge is 0.147 e. The van der Waals surface area contributed by atoms with Crippen LogP contribution >= 0.6 is 11.6 Å². The molecular formula is C14H15ClN4. The zero-order valence-corrected chi connectivity index (χ0v) is 11.2. The normalized spacial score (nSPS) is 13.4. The summed E-state index contributed by atoms with van der Waals surface area (Å²) in [5.41, 5.74) is 5.99. The molecule has 3 N–H and O–H groups in total. The number of benzene rings is 1. The van der Waals surface area contributed by atoms with E-state index in [4.69, 9.17) is 17.4 Å². The standard InChI is InChI=1S/C14H15ClN4/c15-11-6-2-1-4-9(11)8-13-17-12-7-3-5-10(12)14(18-13)19-16/h1-2,4,6H,3,5,7-8,16H2,(H,17,18,19). The van der Waals surface area contributed by atoms with Crippen LogP contribution < -0.4 is 11.3 Å². The van der Waals surface area contributed by atoms with Gasteiger partial charge in [0.15, 0.2) is 0 Å². The number of aryl methyl sites for hydroxylation is 1. The van der Waals surface area contributed by atoms with E-state index in [0.29, 0.717) is 6.42 Å². The van der Waals surface area contributed by atoms with Gasteiger partial charge in [0.2, 0.25) is 0 Å². The van der Waals surface area contributed by atoms with Gasteiger partial charge in [0, 0.05) is 22.7 Å². The lowest BCUT2D eigenvalue weighted by Crippen LogP contribution is -2.14. The van der Waals surface area contributed by atoms with Gasteiger partial charge in [-0.25, -0.2) is 15.8 Å². The molecule has 0 saturated carbocycles. The molecular weight excluding hydrogens is 260 g/mol. The quantitative estimate of drug-likeness (QED) is 0.667. The van der Waals surface area contributed by atoms with Gasteiger partial charge in [-0.2, -0.15) is 0 Å². The Morgan fingerprint density at radius 3 is 2.84 bits per heavy atom. The van der Waals surface area contributed by atoms with Crippen LogP contribution in [-0.2, 0) is 19.3 Å². The van der Waals surface area contributed by atoms with Crippen molar-refractivity contribution in [2.24, 2.45) is 5.84 Å². The number of hydrogen-bond acceptors (Lipinski definition) is 4. The molecule has 19 heavy (non-hydrogen) atoms. The maximum Gasteiger partial charge on any atom is 0.147 e. The van der Waals surface area contributed by atoms with Gasteiger partial charge in [-0.1, -0.05) is 29.8 Å². The number of fused-ring (bicyclic) bond motifs is 1. The Morgan fingerprint density at radius 2 is 2.05 bits per heavy atom. The topological polar surface area (TPSA) is 63.8 Å². The lowest BCUT2D eigenvalue weighted by Gasteiger charge is -2.10. The van der Waals surface area contributed by atoms with E-state index in [0.717, 1.165) is 52.7 Å². The van der Waals surface area contributed by atoms with Crippen molar-refractivity contribution in [2.45, 2.75) is 25.7 Å². The van der Waals surface area contributed by atoms with Gasteiger partial charge in [-0.05, 0) is 30.9 Å². The van der Waals surface area contributed by atoms with E-state index in [-0.39, 0.29) is 0 Å². The number of nitrogens with two attached hydrogens (primary N) is 1. The molecule has 1 heterocycles. The summed E-state index contributed by atoms with van der Waals surface area (Å²) in [6.07, 6.45) is 3.75. The molecule has 0 bridgehead atoms. The molecule has 1 aliphatic rings. The second-order valence-corrected chi connectivity index (χ2v) is 5.09. The molecule has 1 aromatic carbocycles. The van der Waals surface area contributed by atoms with Crippen LogP contribution in [0.4, 0.5) is 5.82 Å².